The summed E-state index contributed by atoms with van der Waals surface area (Å²) >= 11 is 0. The molecule has 182 valence electrons. The Morgan fingerprint density at radius 3 is 2.64 bits per heavy atom. The Labute approximate surface area is 209 Å². The van der Waals surface area contributed by atoms with Crippen molar-refractivity contribution in [2.24, 2.45) is 0 Å². The van der Waals surface area contributed by atoms with Crippen LogP contribution < -0.4 is 21.5 Å². The average Bonchev–Trinajstić information content (AvgIpc) is 2.90. The minimum absolute atomic E-state index is 0.219. The summed E-state index contributed by atoms with van der Waals surface area (Å²) in [4.78, 5) is 34.0. The fourth-order valence-corrected chi connectivity index (χ4v) is 4.60. The third-order valence-electron chi connectivity index (χ3n) is 6.50. The van der Waals surface area contributed by atoms with E-state index in [1.165, 1.54) is 16.2 Å². The van der Waals surface area contributed by atoms with Gasteiger partial charge in [-0.15, -0.1) is 0 Å². The molecular weight excluding hydrogens is 452 g/mol. The van der Waals surface area contributed by atoms with Crippen molar-refractivity contribution in [1.29, 1.82) is 0 Å². The summed E-state index contributed by atoms with van der Waals surface area (Å²) in [5.74, 6) is 0.655. The van der Waals surface area contributed by atoms with Crippen molar-refractivity contribution in [3.05, 3.63) is 94.9 Å². The molecule has 0 radical (unpaired) electrons. The SMILES string of the molecule is C=CC(=O)Nc1cccc(-n2c(=O)cc(C)c3cnc(Nc4ccc(C5CCNCC5)cc4)nc32)c1. The first-order valence-corrected chi connectivity index (χ1v) is 12.0. The number of hydrogen-bond donors (Lipinski definition) is 3. The number of aromatic nitrogens is 3. The highest BCUT2D eigenvalue weighted by atomic mass is 16.1. The summed E-state index contributed by atoms with van der Waals surface area (Å²) in [5.41, 5.74) is 4.42. The van der Waals surface area contributed by atoms with E-state index in [-0.39, 0.29) is 11.5 Å². The van der Waals surface area contributed by atoms with E-state index in [9.17, 15) is 9.59 Å². The Bertz CT molecular complexity index is 1490. The quantitative estimate of drug-likeness (QED) is 0.353. The minimum atomic E-state index is -0.326. The molecule has 0 aliphatic carbocycles. The fraction of sp³-hybridized carbons (Fsp3) is 0.214. The summed E-state index contributed by atoms with van der Waals surface area (Å²) in [6.07, 6.45) is 5.22. The smallest absolute Gasteiger partial charge is 0.257 e. The van der Waals surface area contributed by atoms with Crippen LogP contribution in [-0.2, 0) is 4.79 Å². The van der Waals surface area contributed by atoms with Gasteiger partial charge in [0.2, 0.25) is 11.9 Å². The van der Waals surface area contributed by atoms with Crippen LogP contribution in [-0.4, -0.2) is 33.5 Å². The molecule has 0 bridgehead atoms. The number of pyridine rings is 1. The fourth-order valence-electron chi connectivity index (χ4n) is 4.60. The van der Waals surface area contributed by atoms with Crippen molar-refractivity contribution in [3.63, 3.8) is 0 Å². The number of piperidine rings is 1. The van der Waals surface area contributed by atoms with Crippen molar-refractivity contribution in [2.75, 3.05) is 23.7 Å². The van der Waals surface area contributed by atoms with Crippen LogP contribution in [0.3, 0.4) is 0 Å². The molecular formula is C28H28N6O2. The number of hydrogen-bond acceptors (Lipinski definition) is 6. The molecule has 1 amide bonds. The van der Waals surface area contributed by atoms with Crippen LogP contribution in [0.15, 0.2) is 78.2 Å². The lowest BCUT2D eigenvalue weighted by Gasteiger charge is -2.23. The molecule has 2 aromatic carbocycles. The predicted octanol–water partition coefficient (Wildman–Crippen LogP) is 4.42. The molecule has 3 heterocycles. The zero-order valence-corrected chi connectivity index (χ0v) is 20.1. The van der Waals surface area contributed by atoms with Gasteiger partial charge >= 0.3 is 0 Å². The van der Waals surface area contributed by atoms with Crippen LogP contribution in [0.1, 0.15) is 29.9 Å². The maximum atomic E-state index is 13.1. The van der Waals surface area contributed by atoms with Gasteiger partial charge in [-0.3, -0.25) is 14.2 Å². The number of carbonyl (C=O) groups excluding carboxylic acids is 1. The Morgan fingerprint density at radius 1 is 1.11 bits per heavy atom. The first-order chi connectivity index (χ1) is 17.5. The van der Waals surface area contributed by atoms with Crippen molar-refractivity contribution in [2.45, 2.75) is 25.7 Å². The summed E-state index contributed by atoms with van der Waals surface area (Å²) in [5, 5.41) is 10.2. The van der Waals surface area contributed by atoms with Gasteiger partial charge in [-0.25, -0.2) is 4.98 Å². The lowest BCUT2D eigenvalue weighted by molar-refractivity contribution is -0.111. The van der Waals surface area contributed by atoms with Gasteiger partial charge in [0.15, 0.2) is 5.65 Å². The first kappa shape index (κ1) is 23.4. The lowest BCUT2D eigenvalue weighted by atomic mass is 9.90. The first-order valence-electron chi connectivity index (χ1n) is 12.0. The summed E-state index contributed by atoms with van der Waals surface area (Å²) < 4.78 is 1.53. The third-order valence-corrected chi connectivity index (χ3v) is 6.50. The molecule has 1 fully saturated rings. The number of carbonyl (C=O) groups is 1. The van der Waals surface area contributed by atoms with Crippen LogP contribution in [0.4, 0.5) is 17.3 Å². The van der Waals surface area contributed by atoms with E-state index in [1.807, 2.05) is 19.1 Å². The van der Waals surface area contributed by atoms with Crippen molar-refractivity contribution in [3.8, 4) is 5.69 Å². The highest BCUT2D eigenvalue weighted by molar-refractivity contribution is 5.99. The van der Waals surface area contributed by atoms with E-state index in [1.54, 1.807) is 36.5 Å². The zero-order chi connectivity index (χ0) is 25.1. The van der Waals surface area contributed by atoms with Crippen LogP contribution in [0.2, 0.25) is 0 Å². The van der Waals surface area contributed by atoms with Crippen molar-refractivity contribution < 1.29 is 4.79 Å². The van der Waals surface area contributed by atoms with Gasteiger partial charge in [0.05, 0.1) is 5.69 Å². The van der Waals surface area contributed by atoms with Crippen LogP contribution in [0.5, 0.6) is 0 Å². The molecule has 4 aromatic rings. The Hall–Kier alpha value is -4.30. The number of anilines is 3. The van der Waals surface area contributed by atoms with E-state index in [4.69, 9.17) is 4.98 Å². The molecule has 3 N–H and O–H groups in total. The van der Waals surface area contributed by atoms with Gasteiger partial charge < -0.3 is 16.0 Å². The molecule has 5 rings (SSSR count). The normalized spacial score (nSPS) is 13.9. The molecule has 2 aromatic heterocycles. The molecule has 0 atom stereocenters. The Kier molecular flexibility index (Phi) is 6.60. The summed E-state index contributed by atoms with van der Waals surface area (Å²) in [6, 6.07) is 17.0. The second kappa shape index (κ2) is 10.1. The molecule has 0 unspecified atom stereocenters. The molecule has 1 saturated heterocycles. The van der Waals surface area contributed by atoms with E-state index in [0.29, 0.717) is 28.9 Å². The second-order valence-corrected chi connectivity index (χ2v) is 8.95. The molecule has 1 aliphatic heterocycles. The number of nitrogens with zero attached hydrogens (tertiary/aromatic N) is 3. The minimum Gasteiger partial charge on any atom is -0.324 e. The zero-order valence-electron chi connectivity index (χ0n) is 20.1. The van der Waals surface area contributed by atoms with Crippen LogP contribution in [0, 0.1) is 6.92 Å². The van der Waals surface area contributed by atoms with Gasteiger partial charge in [0.25, 0.3) is 5.56 Å². The van der Waals surface area contributed by atoms with E-state index in [0.717, 1.165) is 42.6 Å². The largest absolute Gasteiger partial charge is 0.324 e. The Morgan fingerprint density at radius 2 is 1.89 bits per heavy atom. The second-order valence-electron chi connectivity index (χ2n) is 8.95. The van der Waals surface area contributed by atoms with Gasteiger partial charge in [0, 0.05) is 29.0 Å². The molecule has 0 saturated carbocycles. The Balaban J connectivity index is 1.49. The number of nitrogens with one attached hydrogen (secondary N) is 3. The molecule has 0 spiro atoms. The van der Waals surface area contributed by atoms with E-state index < -0.39 is 0 Å². The maximum absolute atomic E-state index is 13.1. The molecule has 8 nitrogen and oxygen atoms in total. The van der Waals surface area contributed by atoms with Crippen LogP contribution in [0.25, 0.3) is 16.7 Å². The maximum Gasteiger partial charge on any atom is 0.257 e. The summed E-state index contributed by atoms with van der Waals surface area (Å²) in [7, 11) is 0. The monoisotopic (exact) mass is 480 g/mol. The number of fused-ring (bicyclic) bond motifs is 1. The topological polar surface area (TPSA) is 101 Å². The molecule has 1 aliphatic rings. The number of rotatable bonds is 6. The van der Waals surface area contributed by atoms with Gasteiger partial charge in [-0.2, -0.15) is 4.98 Å². The van der Waals surface area contributed by atoms with Crippen molar-refractivity contribution >= 4 is 34.3 Å². The average molecular weight is 481 g/mol. The number of benzene rings is 2. The summed E-state index contributed by atoms with van der Waals surface area (Å²) in [6.45, 7) is 7.46. The predicted molar refractivity (Wildman–Crippen MR) is 143 cm³/mol. The van der Waals surface area contributed by atoms with Crippen LogP contribution >= 0.6 is 0 Å². The third kappa shape index (κ3) is 4.89. The number of aryl methyl sites for hydroxylation is 1. The van der Waals surface area contributed by atoms with Gasteiger partial charge in [-0.1, -0.05) is 24.8 Å². The van der Waals surface area contributed by atoms with E-state index >= 15 is 0 Å². The van der Waals surface area contributed by atoms with Gasteiger partial charge in [-0.05, 0) is 86.3 Å². The lowest BCUT2D eigenvalue weighted by Crippen LogP contribution is -2.26. The molecule has 8 heteroatoms. The van der Waals surface area contributed by atoms with Crippen molar-refractivity contribution in [1.82, 2.24) is 19.9 Å². The number of amides is 1. The highest BCUT2D eigenvalue weighted by Gasteiger charge is 2.16. The highest BCUT2D eigenvalue weighted by Crippen LogP contribution is 2.27. The molecule has 36 heavy (non-hydrogen) atoms. The van der Waals surface area contributed by atoms with E-state index in [2.05, 4.69) is 39.6 Å². The standard InChI is InChI=1S/C28H28N6O2/c1-3-25(35)31-22-5-4-6-23(16-22)34-26(36)15-18(2)24-17-30-28(33-27(24)34)32-21-9-7-19(8-10-21)20-11-13-29-14-12-20/h3-10,15-17,20,29H,1,11-14H2,2H3,(H,31,35)(H,30,32,33). The van der Waals surface area contributed by atoms with Gasteiger partial charge in [0.1, 0.15) is 0 Å².